The van der Waals surface area contributed by atoms with Crippen LogP contribution in [0.1, 0.15) is 37.0 Å². The van der Waals surface area contributed by atoms with Gasteiger partial charge in [0.1, 0.15) is 5.15 Å². The number of amides is 1. The number of halogens is 1. The topological polar surface area (TPSA) is 68.0 Å². The average Bonchev–Trinajstić information content (AvgIpc) is 2.43. The summed E-state index contributed by atoms with van der Waals surface area (Å²) in [6, 6.07) is 1.49. The molecular formula is C13H20ClN3OS. The standard InChI is InChI=1S/C13H20ClN3OS/c1-4-13(5-2,19-3)8-17-12(18)9-6-11(14)16-7-10(9)15/h6-7H,4-5,8,15H2,1-3H3,(H,17,18). The normalized spacial score (nSPS) is 11.4. The number of rotatable bonds is 6. The van der Waals surface area contributed by atoms with Crippen molar-refractivity contribution in [3.63, 3.8) is 0 Å². The van der Waals surface area contributed by atoms with Crippen LogP contribution in [0.5, 0.6) is 0 Å². The van der Waals surface area contributed by atoms with Gasteiger partial charge in [-0.2, -0.15) is 11.8 Å². The van der Waals surface area contributed by atoms with Gasteiger partial charge in [-0.15, -0.1) is 0 Å². The minimum absolute atomic E-state index is 0.0707. The molecule has 0 aliphatic rings. The Morgan fingerprint density at radius 1 is 1.53 bits per heavy atom. The molecule has 0 aliphatic heterocycles. The van der Waals surface area contributed by atoms with Crippen LogP contribution in [0.3, 0.4) is 0 Å². The first-order valence-electron chi connectivity index (χ1n) is 6.22. The molecule has 0 radical (unpaired) electrons. The van der Waals surface area contributed by atoms with E-state index in [1.54, 1.807) is 11.8 Å². The SMILES string of the molecule is CCC(CC)(CNC(=O)c1cc(Cl)ncc1N)SC. The summed E-state index contributed by atoms with van der Waals surface area (Å²) in [5, 5.41) is 3.20. The van der Waals surface area contributed by atoms with Gasteiger partial charge in [0.15, 0.2) is 0 Å². The molecule has 0 aliphatic carbocycles. The molecule has 3 N–H and O–H groups in total. The van der Waals surface area contributed by atoms with E-state index < -0.39 is 0 Å². The van der Waals surface area contributed by atoms with Gasteiger partial charge in [0, 0.05) is 11.3 Å². The molecule has 0 saturated heterocycles. The first-order chi connectivity index (χ1) is 8.98. The fourth-order valence-corrected chi connectivity index (χ4v) is 2.79. The van der Waals surface area contributed by atoms with Gasteiger partial charge < -0.3 is 11.1 Å². The first kappa shape index (κ1) is 16.1. The predicted octanol–water partition coefficient (Wildman–Crippen LogP) is 2.97. The highest BCUT2D eigenvalue weighted by atomic mass is 35.5. The van der Waals surface area contributed by atoms with Gasteiger partial charge in [0.05, 0.1) is 17.4 Å². The molecule has 1 aromatic rings. The third-order valence-corrected chi connectivity index (χ3v) is 5.23. The van der Waals surface area contributed by atoms with Crippen molar-refractivity contribution in [2.75, 3.05) is 18.5 Å². The molecule has 0 unspecified atom stereocenters. The van der Waals surface area contributed by atoms with Crippen LogP contribution in [-0.2, 0) is 0 Å². The number of nitrogens with two attached hydrogens (primary N) is 1. The molecule has 0 fully saturated rings. The van der Waals surface area contributed by atoms with E-state index in [0.29, 0.717) is 17.8 Å². The Morgan fingerprint density at radius 3 is 2.68 bits per heavy atom. The van der Waals surface area contributed by atoms with Crippen molar-refractivity contribution in [2.24, 2.45) is 0 Å². The molecule has 6 heteroatoms. The van der Waals surface area contributed by atoms with Gasteiger partial charge in [0.2, 0.25) is 0 Å². The third kappa shape index (κ3) is 4.01. The largest absolute Gasteiger partial charge is 0.397 e. The molecule has 0 atom stereocenters. The van der Waals surface area contributed by atoms with Crippen molar-refractivity contribution in [3.8, 4) is 0 Å². The fourth-order valence-electron chi connectivity index (χ4n) is 1.83. The van der Waals surface area contributed by atoms with E-state index in [-0.39, 0.29) is 15.8 Å². The Morgan fingerprint density at radius 2 is 2.16 bits per heavy atom. The number of nitrogens with zero attached hydrogens (tertiary/aromatic N) is 1. The highest BCUT2D eigenvalue weighted by Gasteiger charge is 2.25. The van der Waals surface area contributed by atoms with E-state index in [2.05, 4.69) is 30.4 Å². The van der Waals surface area contributed by atoms with E-state index in [0.717, 1.165) is 12.8 Å². The number of hydrogen-bond acceptors (Lipinski definition) is 4. The molecule has 0 saturated carbocycles. The molecular weight excluding hydrogens is 282 g/mol. The van der Waals surface area contributed by atoms with Gasteiger partial charge in [0.25, 0.3) is 5.91 Å². The highest BCUT2D eigenvalue weighted by Crippen LogP contribution is 2.29. The molecule has 0 aromatic carbocycles. The van der Waals surface area contributed by atoms with Crippen LogP contribution in [-0.4, -0.2) is 28.4 Å². The Hall–Kier alpha value is -0.940. The van der Waals surface area contributed by atoms with Gasteiger partial charge in [-0.25, -0.2) is 4.98 Å². The summed E-state index contributed by atoms with van der Waals surface area (Å²) >= 11 is 7.56. The Bertz CT molecular complexity index is 441. The average molecular weight is 302 g/mol. The van der Waals surface area contributed by atoms with Crippen molar-refractivity contribution in [1.82, 2.24) is 10.3 Å². The molecule has 106 valence electrons. The molecule has 1 heterocycles. The summed E-state index contributed by atoms with van der Waals surface area (Å²) in [6.45, 7) is 4.87. The van der Waals surface area contributed by atoms with Crippen molar-refractivity contribution in [3.05, 3.63) is 23.0 Å². The van der Waals surface area contributed by atoms with Crippen molar-refractivity contribution in [2.45, 2.75) is 31.4 Å². The number of hydrogen-bond donors (Lipinski definition) is 2. The zero-order chi connectivity index (χ0) is 14.5. The number of nitrogen functional groups attached to an aromatic ring is 1. The molecule has 4 nitrogen and oxygen atoms in total. The maximum absolute atomic E-state index is 12.1. The van der Waals surface area contributed by atoms with Crippen LogP contribution in [0.15, 0.2) is 12.3 Å². The van der Waals surface area contributed by atoms with Gasteiger partial charge >= 0.3 is 0 Å². The van der Waals surface area contributed by atoms with E-state index in [4.69, 9.17) is 17.3 Å². The summed E-state index contributed by atoms with van der Waals surface area (Å²) in [4.78, 5) is 16.0. The highest BCUT2D eigenvalue weighted by molar-refractivity contribution is 8.00. The lowest BCUT2D eigenvalue weighted by atomic mass is 10.0. The maximum Gasteiger partial charge on any atom is 0.253 e. The summed E-state index contributed by atoms with van der Waals surface area (Å²) in [7, 11) is 0. The van der Waals surface area contributed by atoms with E-state index in [1.807, 2.05) is 0 Å². The van der Waals surface area contributed by atoms with Crippen molar-refractivity contribution < 1.29 is 4.79 Å². The van der Waals surface area contributed by atoms with Gasteiger partial charge in [-0.1, -0.05) is 25.4 Å². The monoisotopic (exact) mass is 301 g/mol. The Labute approximate surface area is 123 Å². The van der Waals surface area contributed by atoms with Crippen LogP contribution in [0.2, 0.25) is 5.15 Å². The van der Waals surface area contributed by atoms with Crippen LogP contribution < -0.4 is 11.1 Å². The smallest absolute Gasteiger partial charge is 0.253 e. The number of anilines is 1. The number of aromatic nitrogens is 1. The number of nitrogens with one attached hydrogen (secondary N) is 1. The predicted molar refractivity (Wildman–Crippen MR) is 82.8 cm³/mol. The second-order valence-electron chi connectivity index (χ2n) is 4.37. The zero-order valence-corrected chi connectivity index (χ0v) is 13.1. The minimum atomic E-state index is -0.206. The Balaban J connectivity index is 2.77. The Kier molecular flexibility index (Phi) is 5.94. The number of carbonyl (C=O) groups is 1. The van der Waals surface area contributed by atoms with Crippen LogP contribution in [0.4, 0.5) is 5.69 Å². The summed E-state index contributed by atoms with van der Waals surface area (Å²) in [5.41, 5.74) is 6.45. The van der Waals surface area contributed by atoms with Gasteiger partial charge in [-0.3, -0.25) is 4.79 Å². The van der Waals surface area contributed by atoms with E-state index >= 15 is 0 Å². The van der Waals surface area contributed by atoms with Crippen molar-refractivity contribution in [1.29, 1.82) is 0 Å². The number of pyridine rings is 1. The van der Waals surface area contributed by atoms with Crippen LogP contribution in [0, 0.1) is 0 Å². The number of thioether (sulfide) groups is 1. The molecule has 19 heavy (non-hydrogen) atoms. The second-order valence-corrected chi connectivity index (χ2v) is 6.03. The molecule has 1 rings (SSSR count). The molecule has 0 bridgehead atoms. The summed E-state index contributed by atoms with van der Waals surface area (Å²) < 4.78 is 0.0707. The van der Waals surface area contributed by atoms with Gasteiger partial charge in [-0.05, 0) is 25.2 Å². The quantitative estimate of drug-likeness (QED) is 0.793. The third-order valence-electron chi connectivity index (χ3n) is 3.44. The minimum Gasteiger partial charge on any atom is -0.397 e. The lowest BCUT2D eigenvalue weighted by Crippen LogP contribution is -2.39. The van der Waals surface area contributed by atoms with Crippen LogP contribution >= 0.6 is 23.4 Å². The van der Waals surface area contributed by atoms with E-state index in [9.17, 15) is 4.79 Å². The number of carbonyl (C=O) groups excluding carboxylic acids is 1. The van der Waals surface area contributed by atoms with E-state index in [1.165, 1.54) is 12.3 Å². The molecule has 1 aromatic heterocycles. The second kappa shape index (κ2) is 7.01. The lowest BCUT2D eigenvalue weighted by Gasteiger charge is -2.29. The lowest BCUT2D eigenvalue weighted by molar-refractivity contribution is 0.0949. The maximum atomic E-state index is 12.1. The van der Waals surface area contributed by atoms with Crippen molar-refractivity contribution >= 4 is 35.0 Å². The fraction of sp³-hybridized carbons (Fsp3) is 0.538. The first-order valence-corrected chi connectivity index (χ1v) is 7.82. The molecule has 0 spiro atoms. The summed E-state index contributed by atoms with van der Waals surface area (Å²) in [6.07, 6.45) is 5.46. The zero-order valence-electron chi connectivity index (χ0n) is 11.5. The van der Waals surface area contributed by atoms with Crippen LogP contribution in [0.25, 0.3) is 0 Å². The molecule has 1 amide bonds. The summed E-state index contributed by atoms with van der Waals surface area (Å²) in [5.74, 6) is -0.206.